The lowest BCUT2D eigenvalue weighted by molar-refractivity contribution is -0.120. The summed E-state index contributed by atoms with van der Waals surface area (Å²) in [6, 6.07) is 4.72. The van der Waals surface area contributed by atoms with Gasteiger partial charge >= 0.3 is 0 Å². The standard InChI is InChI=1S/C15H24N2O3S/c1-10(2)7-8-17-15(18)12(4)21(19,20)14-6-5-11(3)9-13(14)16/h5-6,9-10,12H,7-8,16H2,1-4H3,(H,17,18). The Morgan fingerprint density at radius 1 is 1.29 bits per heavy atom. The van der Waals surface area contributed by atoms with E-state index in [1.807, 2.05) is 20.8 Å². The van der Waals surface area contributed by atoms with Crippen LogP contribution in [-0.4, -0.2) is 26.1 Å². The van der Waals surface area contributed by atoms with Crippen molar-refractivity contribution in [3.05, 3.63) is 23.8 Å². The minimum absolute atomic E-state index is 0.0135. The van der Waals surface area contributed by atoms with Crippen molar-refractivity contribution in [3.63, 3.8) is 0 Å². The van der Waals surface area contributed by atoms with Gasteiger partial charge in [-0.25, -0.2) is 8.42 Å². The molecule has 6 heteroatoms. The molecule has 0 aromatic heterocycles. The van der Waals surface area contributed by atoms with E-state index in [1.165, 1.54) is 13.0 Å². The van der Waals surface area contributed by atoms with Gasteiger partial charge in [-0.1, -0.05) is 19.9 Å². The fraction of sp³-hybridized carbons (Fsp3) is 0.533. The zero-order chi connectivity index (χ0) is 16.2. The van der Waals surface area contributed by atoms with E-state index in [9.17, 15) is 13.2 Å². The highest BCUT2D eigenvalue weighted by Gasteiger charge is 2.31. The van der Waals surface area contributed by atoms with Gasteiger partial charge in [-0.05, 0) is 43.9 Å². The molecule has 0 aliphatic carbocycles. The number of hydrogen-bond acceptors (Lipinski definition) is 4. The van der Waals surface area contributed by atoms with E-state index >= 15 is 0 Å². The number of hydrogen-bond donors (Lipinski definition) is 2. The van der Waals surface area contributed by atoms with Crippen LogP contribution in [0.15, 0.2) is 23.1 Å². The molecule has 118 valence electrons. The van der Waals surface area contributed by atoms with Gasteiger partial charge in [0.2, 0.25) is 5.91 Å². The van der Waals surface area contributed by atoms with E-state index in [0.717, 1.165) is 12.0 Å². The molecule has 0 bridgehead atoms. The van der Waals surface area contributed by atoms with Crippen LogP contribution in [0.25, 0.3) is 0 Å². The molecule has 0 aliphatic rings. The first kappa shape index (κ1) is 17.5. The number of nitrogen functional groups attached to an aromatic ring is 1. The van der Waals surface area contributed by atoms with Crippen molar-refractivity contribution in [2.75, 3.05) is 12.3 Å². The minimum Gasteiger partial charge on any atom is -0.398 e. The number of nitrogens with one attached hydrogen (secondary N) is 1. The largest absolute Gasteiger partial charge is 0.398 e. The summed E-state index contributed by atoms with van der Waals surface area (Å²) in [5.74, 6) is -0.0411. The molecule has 0 radical (unpaired) electrons. The maximum Gasteiger partial charge on any atom is 0.238 e. The maximum atomic E-state index is 12.5. The van der Waals surface area contributed by atoms with Gasteiger partial charge in [-0.15, -0.1) is 0 Å². The normalized spacial score (nSPS) is 13.2. The number of amides is 1. The van der Waals surface area contributed by atoms with E-state index in [-0.39, 0.29) is 10.6 Å². The lowest BCUT2D eigenvalue weighted by Gasteiger charge is -2.15. The second-order valence-corrected chi connectivity index (χ2v) is 7.94. The van der Waals surface area contributed by atoms with Crippen LogP contribution in [0.1, 0.15) is 32.8 Å². The predicted molar refractivity (Wildman–Crippen MR) is 84.7 cm³/mol. The summed E-state index contributed by atoms with van der Waals surface area (Å²) in [4.78, 5) is 12.0. The fourth-order valence-corrected chi connectivity index (χ4v) is 3.28. The molecule has 1 amide bonds. The number of rotatable bonds is 6. The molecule has 1 rings (SSSR count). The molecule has 1 aromatic carbocycles. The van der Waals surface area contributed by atoms with Crippen LogP contribution in [0, 0.1) is 12.8 Å². The quantitative estimate of drug-likeness (QED) is 0.785. The van der Waals surface area contributed by atoms with Crippen LogP contribution in [-0.2, 0) is 14.6 Å². The molecule has 3 N–H and O–H groups in total. The lowest BCUT2D eigenvalue weighted by atomic mass is 10.1. The van der Waals surface area contributed by atoms with Gasteiger partial charge in [-0.3, -0.25) is 4.79 Å². The van der Waals surface area contributed by atoms with Crippen LogP contribution in [0.2, 0.25) is 0 Å². The van der Waals surface area contributed by atoms with Crippen molar-refractivity contribution in [1.29, 1.82) is 0 Å². The highest BCUT2D eigenvalue weighted by atomic mass is 32.2. The Hall–Kier alpha value is -1.56. The van der Waals surface area contributed by atoms with E-state index in [0.29, 0.717) is 12.5 Å². The lowest BCUT2D eigenvalue weighted by Crippen LogP contribution is -2.38. The molecule has 0 aliphatic heterocycles. The number of benzene rings is 1. The van der Waals surface area contributed by atoms with Crippen LogP contribution in [0.4, 0.5) is 5.69 Å². The van der Waals surface area contributed by atoms with E-state index in [2.05, 4.69) is 5.32 Å². The van der Waals surface area contributed by atoms with E-state index < -0.39 is 21.0 Å². The average molecular weight is 312 g/mol. The summed E-state index contributed by atoms with van der Waals surface area (Å²) in [6.45, 7) is 7.77. The Bertz CT molecular complexity index is 609. The average Bonchev–Trinajstić information content (AvgIpc) is 2.36. The Labute approximate surface area is 126 Å². The van der Waals surface area contributed by atoms with Crippen LogP contribution >= 0.6 is 0 Å². The molecular formula is C15H24N2O3S. The first-order valence-corrected chi connectivity index (χ1v) is 8.58. The topological polar surface area (TPSA) is 89.3 Å². The Morgan fingerprint density at radius 2 is 1.90 bits per heavy atom. The van der Waals surface area contributed by atoms with Gasteiger partial charge in [0.05, 0.1) is 10.6 Å². The monoisotopic (exact) mass is 312 g/mol. The van der Waals surface area contributed by atoms with Gasteiger partial charge < -0.3 is 11.1 Å². The molecule has 5 nitrogen and oxygen atoms in total. The van der Waals surface area contributed by atoms with Crippen molar-refractivity contribution in [2.45, 2.75) is 44.3 Å². The highest BCUT2D eigenvalue weighted by Crippen LogP contribution is 2.23. The van der Waals surface area contributed by atoms with Crippen molar-refractivity contribution in [2.24, 2.45) is 5.92 Å². The molecule has 0 spiro atoms. The maximum absolute atomic E-state index is 12.5. The number of aryl methyl sites for hydroxylation is 1. The molecule has 21 heavy (non-hydrogen) atoms. The predicted octanol–water partition coefficient (Wildman–Crippen LogP) is 1.90. The Morgan fingerprint density at radius 3 is 2.43 bits per heavy atom. The summed E-state index contributed by atoms with van der Waals surface area (Å²) in [5.41, 5.74) is 6.83. The van der Waals surface area contributed by atoms with Gasteiger partial charge in [-0.2, -0.15) is 0 Å². The zero-order valence-corrected chi connectivity index (χ0v) is 13.8. The third-order valence-electron chi connectivity index (χ3n) is 3.33. The number of nitrogens with two attached hydrogens (primary N) is 1. The summed E-state index contributed by atoms with van der Waals surface area (Å²) in [6.07, 6.45) is 0.811. The zero-order valence-electron chi connectivity index (χ0n) is 13.0. The summed E-state index contributed by atoms with van der Waals surface area (Å²) < 4.78 is 24.9. The van der Waals surface area contributed by atoms with Gasteiger partial charge in [0.15, 0.2) is 9.84 Å². The first-order valence-electron chi connectivity index (χ1n) is 7.04. The number of anilines is 1. The Balaban J connectivity index is 2.88. The smallest absolute Gasteiger partial charge is 0.238 e. The van der Waals surface area contributed by atoms with Gasteiger partial charge in [0.1, 0.15) is 5.25 Å². The SMILES string of the molecule is Cc1ccc(S(=O)(=O)C(C)C(=O)NCCC(C)C)c(N)c1. The third-order valence-corrected chi connectivity index (χ3v) is 5.46. The van der Waals surface area contributed by atoms with Crippen molar-refractivity contribution in [1.82, 2.24) is 5.32 Å². The molecule has 0 saturated carbocycles. The summed E-state index contributed by atoms with van der Waals surface area (Å²) in [5, 5.41) is 1.50. The second-order valence-electron chi connectivity index (χ2n) is 5.70. The van der Waals surface area contributed by atoms with Crippen molar-refractivity contribution >= 4 is 21.4 Å². The number of carbonyl (C=O) groups is 1. The summed E-state index contributed by atoms with van der Waals surface area (Å²) in [7, 11) is -3.77. The number of sulfone groups is 1. The van der Waals surface area contributed by atoms with Gasteiger partial charge in [0, 0.05) is 6.54 Å². The third kappa shape index (κ3) is 4.46. The number of carbonyl (C=O) groups excluding carboxylic acids is 1. The van der Waals surface area contributed by atoms with Crippen molar-refractivity contribution in [3.8, 4) is 0 Å². The molecule has 0 fully saturated rings. The second kappa shape index (κ2) is 6.93. The van der Waals surface area contributed by atoms with Crippen LogP contribution in [0.5, 0.6) is 0 Å². The molecular weight excluding hydrogens is 288 g/mol. The molecule has 0 heterocycles. The fourth-order valence-electron chi connectivity index (χ4n) is 1.89. The van der Waals surface area contributed by atoms with Crippen molar-refractivity contribution < 1.29 is 13.2 Å². The Kier molecular flexibility index (Phi) is 5.78. The highest BCUT2D eigenvalue weighted by molar-refractivity contribution is 7.93. The molecule has 1 atom stereocenters. The minimum atomic E-state index is -3.77. The summed E-state index contributed by atoms with van der Waals surface area (Å²) >= 11 is 0. The van der Waals surface area contributed by atoms with E-state index in [4.69, 9.17) is 5.73 Å². The first-order chi connectivity index (χ1) is 9.66. The molecule has 1 unspecified atom stereocenters. The van der Waals surface area contributed by atoms with Crippen LogP contribution in [0.3, 0.4) is 0 Å². The van der Waals surface area contributed by atoms with Gasteiger partial charge in [0.25, 0.3) is 0 Å². The van der Waals surface area contributed by atoms with E-state index in [1.54, 1.807) is 12.1 Å². The molecule has 1 aromatic rings. The van der Waals surface area contributed by atoms with Crippen LogP contribution < -0.4 is 11.1 Å². The molecule has 0 saturated heterocycles.